The van der Waals surface area contributed by atoms with Gasteiger partial charge >= 0.3 is 0 Å². The fourth-order valence-electron chi connectivity index (χ4n) is 2.15. The van der Waals surface area contributed by atoms with Crippen LogP contribution in [0.25, 0.3) is 0 Å². The van der Waals surface area contributed by atoms with Crippen molar-refractivity contribution in [1.82, 2.24) is 0 Å². The van der Waals surface area contributed by atoms with Gasteiger partial charge in [0.05, 0.1) is 5.92 Å². The Kier molecular flexibility index (Phi) is 3.71. The minimum absolute atomic E-state index is 0.0358. The maximum Gasteiger partial charge on any atom is 0.227 e. The average molecular weight is 266 g/mol. The van der Waals surface area contributed by atoms with Gasteiger partial charge in [-0.25, -0.2) is 0 Å². The summed E-state index contributed by atoms with van der Waals surface area (Å²) in [6, 6.07) is 7.88. The second-order valence-corrected chi connectivity index (χ2v) is 5.33. The van der Waals surface area contributed by atoms with Gasteiger partial charge in [-0.1, -0.05) is 26.0 Å². The van der Waals surface area contributed by atoms with Crippen LogP contribution in [0.5, 0.6) is 0 Å². The minimum atomic E-state index is -0.426. The first kappa shape index (κ1) is 13.1. The molecule has 1 amide bonds. The van der Waals surface area contributed by atoms with Crippen molar-refractivity contribution in [3.63, 3.8) is 0 Å². The van der Waals surface area contributed by atoms with Crippen molar-refractivity contribution in [1.29, 1.82) is 0 Å². The predicted octanol–water partition coefficient (Wildman–Crippen LogP) is 2.93. The second-order valence-electron chi connectivity index (χ2n) is 4.96. The molecule has 1 aromatic rings. The summed E-state index contributed by atoms with van der Waals surface area (Å²) in [5.41, 5.74) is 2.07. The third-order valence-electron chi connectivity index (χ3n) is 3.32. The van der Waals surface area contributed by atoms with Crippen molar-refractivity contribution >= 4 is 28.4 Å². The molecule has 1 aliphatic rings. The monoisotopic (exact) mass is 265 g/mol. The summed E-state index contributed by atoms with van der Waals surface area (Å²) in [6.07, 6.45) is 0.217. The van der Waals surface area contributed by atoms with E-state index < -0.39 is 5.24 Å². The molecule has 0 unspecified atom stereocenters. The SMILES string of the molecule is CC(C)c1ccc(N2C[C@@H](C(=O)Cl)CC2=O)cc1. The van der Waals surface area contributed by atoms with Gasteiger partial charge in [0.1, 0.15) is 0 Å². The molecule has 1 heterocycles. The van der Waals surface area contributed by atoms with Crippen LogP contribution in [0.15, 0.2) is 24.3 Å². The molecular weight excluding hydrogens is 250 g/mol. The normalized spacial score (nSPS) is 19.7. The number of carbonyl (C=O) groups excluding carboxylic acids is 2. The van der Waals surface area contributed by atoms with E-state index in [-0.39, 0.29) is 18.2 Å². The van der Waals surface area contributed by atoms with Gasteiger partial charge in [0, 0.05) is 18.7 Å². The van der Waals surface area contributed by atoms with Crippen molar-refractivity contribution in [3.8, 4) is 0 Å². The van der Waals surface area contributed by atoms with Crippen molar-refractivity contribution in [3.05, 3.63) is 29.8 Å². The Morgan fingerprint density at radius 1 is 1.33 bits per heavy atom. The molecule has 1 aromatic carbocycles. The molecule has 3 nitrogen and oxygen atoms in total. The number of hydrogen-bond donors (Lipinski definition) is 0. The maximum absolute atomic E-state index is 11.8. The van der Waals surface area contributed by atoms with E-state index >= 15 is 0 Å². The van der Waals surface area contributed by atoms with Crippen LogP contribution in [0.4, 0.5) is 5.69 Å². The van der Waals surface area contributed by atoms with E-state index in [2.05, 4.69) is 13.8 Å². The van der Waals surface area contributed by atoms with Gasteiger partial charge in [0.15, 0.2) is 0 Å². The zero-order chi connectivity index (χ0) is 13.3. The Hall–Kier alpha value is -1.35. The lowest BCUT2D eigenvalue weighted by atomic mass is 10.0. The highest BCUT2D eigenvalue weighted by atomic mass is 35.5. The molecule has 0 aromatic heterocycles. The number of rotatable bonds is 3. The van der Waals surface area contributed by atoms with E-state index in [1.54, 1.807) is 4.90 Å². The minimum Gasteiger partial charge on any atom is -0.312 e. The average Bonchev–Trinajstić information content (AvgIpc) is 2.71. The van der Waals surface area contributed by atoms with E-state index in [9.17, 15) is 9.59 Å². The highest BCUT2D eigenvalue weighted by Crippen LogP contribution is 2.27. The van der Waals surface area contributed by atoms with Gasteiger partial charge in [0.2, 0.25) is 11.1 Å². The Bertz CT molecular complexity index is 467. The highest BCUT2D eigenvalue weighted by Gasteiger charge is 2.34. The van der Waals surface area contributed by atoms with E-state index in [0.717, 1.165) is 5.69 Å². The first-order valence-corrected chi connectivity index (χ1v) is 6.46. The van der Waals surface area contributed by atoms with Crippen LogP contribution in [-0.2, 0) is 9.59 Å². The molecule has 0 bridgehead atoms. The zero-order valence-electron chi connectivity index (χ0n) is 10.5. The molecule has 0 aliphatic carbocycles. The van der Waals surface area contributed by atoms with Gasteiger partial charge in [-0.3, -0.25) is 9.59 Å². The molecule has 1 atom stereocenters. The predicted molar refractivity (Wildman–Crippen MR) is 71.9 cm³/mol. The molecular formula is C14H16ClNO2. The summed E-state index contributed by atoms with van der Waals surface area (Å²) in [5.74, 6) is 0.0562. The molecule has 2 rings (SSSR count). The van der Waals surface area contributed by atoms with Gasteiger partial charge in [-0.15, -0.1) is 0 Å². The molecule has 1 aliphatic heterocycles. The summed E-state index contributed by atoms with van der Waals surface area (Å²) >= 11 is 5.45. The summed E-state index contributed by atoms with van der Waals surface area (Å²) in [7, 11) is 0. The number of amides is 1. The lowest BCUT2D eigenvalue weighted by molar-refractivity contribution is -0.120. The molecule has 1 fully saturated rings. The molecule has 0 spiro atoms. The summed E-state index contributed by atoms with van der Waals surface area (Å²) < 4.78 is 0. The first-order chi connectivity index (χ1) is 8.49. The van der Waals surface area contributed by atoms with Gasteiger partial charge in [0.25, 0.3) is 0 Å². The fourth-order valence-corrected chi connectivity index (χ4v) is 2.29. The maximum atomic E-state index is 11.8. The number of halogens is 1. The van der Waals surface area contributed by atoms with Crippen LogP contribution in [0, 0.1) is 5.92 Å². The quantitative estimate of drug-likeness (QED) is 0.788. The van der Waals surface area contributed by atoms with Crippen LogP contribution in [0.3, 0.4) is 0 Å². The standard InChI is InChI=1S/C14H16ClNO2/c1-9(2)10-3-5-12(6-4-10)16-8-11(14(15)18)7-13(16)17/h3-6,9,11H,7-8H2,1-2H3/t11-/m0/s1. The van der Waals surface area contributed by atoms with Crippen LogP contribution in [0.2, 0.25) is 0 Å². The molecule has 96 valence electrons. The summed E-state index contributed by atoms with van der Waals surface area (Å²) in [6.45, 7) is 4.64. The summed E-state index contributed by atoms with van der Waals surface area (Å²) in [4.78, 5) is 24.6. The third kappa shape index (κ3) is 2.56. The Balaban J connectivity index is 2.17. The molecule has 1 saturated heterocycles. The van der Waals surface area contributed by atoms with Crippen molar-refractivity contribution in [2.24, 2.45) is 5.92 Å². The number of anilines is 1. The number of hydrogen-bond acceptors (Lipinski definition) is 2. The van der Waals surface area contributed by atoms with Crippen molar-refractivity contribution < 1.29 is 9.59 Å². The first-order valence-electron chi connectivity index (χ1n) is 6.08. The van der Waals surface area contributed by atoms with E-state index in [4.69, 9.17) is 11.6 Å². The zero-order valence-corrected chi connectivity index (χ0v) is 11.3. The highest BCUT2D eigenvalue weighted by molar-refractivity contribution is 6.64. The summed E-state index contributed by atoms with van der Waals surface area (Å²) in [5, 5.41) is -0.426. The van der Waals surface area contributed by atoms with E-state index in [0.29, 0.717) is 12.5 Å². The van der Waals surface area contributed by atoms with Gasteiger partial charge in [-0.2, -0.15) is 0 Å². The van der Waals surface area contributed by atoms with Crippen LogP contribution in [-0.4, -0.2) is 17.7 Å². The lowest BCUT2D eigenvalue weighted by Crippen LogP contribution is -2.25. The fraction of sp³-hybridized carbons (Fsp3) is 0.429. The van der Waals surface area contributed by atoms with Crippen molar-refractivity contribution in [2.75, 3.05) is 11.4 Å². The molecule has 0 N–H and O–H groups in total. The third-order valence-corrected chi connectivity index (χ3v) is 3.63. The Morgan fingerprint density at radius 2 is 1.94 bits per heavy atom. The Labute approximate surface area is 112 Å². The number of benzene rings is 1. The van der Waals surface area contributed by atoms with Crippen molar-refractivity contribution in [2.45, 2.75) is 26.2 Å². The van der Waals surface area contributed by atoms with Crippen LogP contribution < -0.4 is 4.90 Å². The molecule has 0 saturated carbocycles. The molecule has 4 heteroatoms. The largest absolute Gasteiger partial charge is 0.312 e. The smallest absolute Gasteiger partial charge is 0.227 e. The van der Waals surface area contributed by atoms with Gasteiger partial charge < -0.3 is 4.90 Å². The Morgan fingerprint density at radius 3 is 2.39 bits per heavy atom. The molecule has 0 radical (unpaired) electrons. The number of nitrogens with zero attached hydrogens (tertiary/aromatic N) is 1. The molecule has 18 heavy (non-hydrogen) atoms. The van der Waals surface area contributed by atoms with E-state index in [1.807, 2.05) is 24.3 Å². The van der Waals surface area contributed by atoms with Gasteiger partial charge in [-0.05, 0) is 35.2 Å². The van der Waals surface area contributed by atoms with Crippen LogP contribution >= 0.6 is 11.6 Å². The van der Waals surface area contributed by atoms with Crippen LogP contribution in [0.1, 0.15) is 31.7 Å². The van der Waals surface area contributed by atoms with E-state index in [1.165, 1.54) is 5.56 Å². The second kappa shape index (κ2) is 5.11. The lowest BCUT2D eigenvalue weighted by Gasteiger charge is -2.17. The number of carbonyl (C=O) groups is 2. The topological polar surface area (TPSA) is 37.4 Å².